The molecule has 0 radical (unpaired) electrons. The molecule has 1 aliphatic rings. The molecule has 2 aromatic carbocycles. The molecule has 1 heterocycles. The number of guanidine groups is 1. The summed E-state index contributed by atoms with van der Waals surface area (Å²) in [6.45, 7) is 6.37. The van der Waals surface area contributed by atoms with E-state index in [0.717, 1.165) is 63.4 Å². The van der Waals surface area contributed by atoms with Crippen LogP contribution in [0.25, 0.3) is 0 Å². The number of benzene rings is 2. The molecule has 1 fully saturated rings. The minimum absolute atomic E-state index is 0.0663. The van der Waals surface area contributed by atoms with E-state index in [2.05, 4.69) is 20.5 Å². The van der Waals surface area contributed by atoms with Crippen LogP contribution in [0, 0.1) is 15.9 Å². The molecule has 0 unspecified atom stereocenters. The summed E-state index contributed by atoms with van der Waals surface area (Å²) in [4.78, 5) is 17.4. The molecule has 172 valence electrons. The van der Waals surface area contributed by atoms with Crippen molar-refractivity contribution < 1.29 is 14.1 Å². The molecule has 0 aliphatic carbocycles. The lowest BCUT2D eigenvalue weighted by atomic mass is 10.1. The molecule has 1 aliphatic heterocycles. The molecular formula is C23H30FN5O3. The Balaban J connectivity index is 1.51. The summed E-state index contributed by atoms with van der Waals surface area (Å²) in [5.41, 5.74) is 2.00. The maximum absolute atomic E-state index is 13.1. The topological polar surface area (TPSA) is 92.0 Å². The zero-order valence-corrected chi connectivity index (χ0v) is 18.1. The van der Waals surface area contributed by atoms with Gasteiger partial charge in [0.15, 0.2) is 5.96 Å². The van der Waals surface area contributed by atoms with Gasteiger partial charge in [0.1, 0.15) is 5.82 Å². The SMILES string of the molecule is O=[N+]([O-])c1ccc(CN=C(NCCCN2CCOCC2)NCCc2ccc(F)cc2)cc1. The van der Waals surface area contributed by atoms with Gasteiger partial charge in [-0.1, -0.05) is 24.3 Å². The van der Waals surface area contributed by atoms with Crippen molar-refractivity contribution in [3.63, 3.8) is 0 Å². The van der Waals surface area contributed by atoms with Crippen LogP contribution in [-0.2, 0) is 17.7 Å². The second-order valence-electron chi connectivity index (χ2n) is 7.63. The van der Waals surface area contributed by atoms with Gasteiger partial charge in [0, 0.05) is 38.3 Å². The Morgan fingerprint density at radius 1 is 1.03 bits per heavy atom. The summed E-state index contributed by atoms with van der Waals surface area (Å²) in [6.07, 6.45) is 1.72. The number of morpholine rings is 1. The number of rotatable bonds is 10. The lowest BCUT2D eigenvalue weighted by Gasteiger charge is -2.26. The number of aliphatic imine (C=N–C) groups is 1. The minimum Gasteiger partial charge on any atom is -0.379 e. The lowest BCUT2D eigenvalue weighted by molar-refractivity contribution is -0.384. The van der Waals surface area contributed by atoms with Crippen molar-refractivity contribution in [2.45, 2.75) is 19.4 Å². The highest BCUT2D eigenvalue weighted by Crippen LogP contribution is 2.12. The van der Waals surface area contributed by atoms with Crippen molar-refractivity contribution in [3.8, 4) is 0 Å². The fourth-order valence-electron chi connectivity index (χ4n) is 3.38. The molecule has 1 saturated heterocycles. The maximum Gasteiger partial charge on any atom is 0.269 e. The summed E-state index contributed by atoms with van der Waals surface area (Å²) in [5, 5.41) is 17.5. The number of nitrogens with zero attached hydrogens (tertiary/aromatic N) is 3. The largest absolute Gasteiger partial charge is 0.379 e. The van der Waals surface area contributed by atoms with E-state index in [0.29, 0.717) is 19.0 Å². The predicted octanol–water partition coefficient (Wildman–Crippen LogP) is 2.73. The molecule has 2 aromatic rings. The van der Waals surface area contributed by atoms with Gasteiger partial charge in [0.05, 0.1) is 24.7 Å². The molecule has 0 aromatic heterocycles. The van der Waals surface area contributed by atoms with Crippen LogP contribution < -0.4 is 10.6 Å². The highest BCUT2D eigenvalue weighted by molar-refractivity contribution is 5.79. The number of non-ortho nitro benzene ring substituents is 1. The number of ether oxygens (including phenoxy) is 1. The maximum atomic E-state index is 13.1. The van der Waals surface area contributed by atoms with Crippen molar-refractivity contribution in [2.75, 3.05) is 45.9 Å². The zero-order valence-electron chi connectivity index (χ0n) is 18.1. The first-order valence-electron chi connectivity index (χ1n) is 10.9. The standard InChI is InChI=1S/C23H30FN5O3/c24-21-6-2-19(3-7-21)10-12-26-23(25-11-1-13-28-14-16-32-17-15-28)27-18-20-4-8-22(9-5-20)29(30)31/h2-9H,1,10-18H2,(H2,25,26,27). The second kappa shape index (κ2) is 12.7. The van der Waals surface area contributed by atoms with Crippen molar-refractivity contribution >= 4 is 11.6 Å². The Morgan fingerprint density at radius 2 is 1.69 bits per heavy atom. The van der Waals surface area contributed by atoms with Gasteiger partial charge in [0.25, 0.3) is 5.69 Å². The van der Waals surface area contributed by atoms with Crippen molar-refractivity contribution in [3.05, 3.63) is 75.6 Å². The van der Waals surface area contributed by atoms with Crippen LogP contribution in [0.5, 0.6) is 0 Å². The highest BCUT2D eigenvalue weighted by Gasteiger charge is 2.09. The first-order valence-corrected chi connectivity index (χ1v) is 10.9. The number of nitro groups is 1. The average molecular weight is 444 g/mol. The number of nitro benzene ring substituents is 1. The van der Waals surface area contributed by atoms with E-state index >= 15 is 0 Å². The monoisotopic (exact) mass is 443 g/mol. The van der Waals surface area contributed by atoms with E-state index < -0.39 is 4.92 Å². The van der Waals surface area contributed by atoms with Gasteiger partial charge in [-0.15, -0.1) is 0 Å². The molecule has 0 amide bonds. The average Bonchev–Trinajstić information content (AvgIpc) is 2.82. The molecular weight excluding hydrogens is 413 g/mol. The lowest BCUT2D eigenvalue weighted by Crippen LogP contribution is -2.41. The Kier molecular flexibility index (Phi) is 9.39. The van der Waals surface area contributed by atoms with E-state index in [1.807, 2.05) is 0 Å². The second-order valence-corrected chi connectivity index (χ2v) is 7.63. The van der Waals surface area contributed by atoms with Crippen molar-refractivity contribution in [1.29, 1.82) is 0 Å². The van der Waals surface area contributed by atoms with Gasteiger partial charge in [-0.2, -0.15) is 0 Å². The third-order valence-electron chi connectivity index (χ3n) is 5.23. The molecule has 3 rings (SSSR count). The normalized spacial score (nSPS) is 14.8. The predicted molar refractivity (Wildman–Crippen MR) is 122 cm³/mol. The molecule has 0 bridgehead atoms. The van der Waals surface area contributed by atoms with Crippen LogP contribution in [0.3, 0.4) is 0 Å². The summed E-state index contributed by atoms with van der Waals surface area (Å²) in [7, 11) is 0. The van der Waals surface area contributed by atoms with Crippen LogP contribution in [0.15, 0.2) is 53.5 Å². The fraction of sp³-hybridized carbons (Fsp3) is 0.435. The molecule has 0 spiro atoms. The molecule has 0 atom stereocenters. The summed E-state index contributed by atoms with van der Waals surface area (Å²) in [6, 6.07) is 12.9. The van der Waals surface area contributed by atoms with Crippen molar-refractivity contribution in [1.82, 2.24) is 15.5 Å². The van der Waals surface area contributed by atoms with Gasteiger partial charge in [-0.05, 0) is 42.6 Å². The fourth-order valence-corrected chi connectivity index (χ4v) is 3.38. The van der Waals surface area contributed by atoms with Crippen LogP contribution >= 0.6 is 0 Å². The van der Waals surface area contributed by atoms with E-state index in [1.165, 1.54) is 24.3 Å². The smallest absolute Gasteiger partial charge is 0.269 e. The number of halogens is 1. The van der Waals surface area contributed by atoms with Crippen LogP contribution in [-0.4, -0.2) is 61.7 Å². The Bertz CT molecular complexity index is 868. The number of hydrogen-bond acceptors (Lipinski definition) is 5. The summed E-state index contributed by atoms with van der Waals surface area (Å²) < 4.78 is 18.5. The Morgan fingerprint density at radius 3 is 2.38 bits per heavy atom. The molecule has 0 saturated carbocycles. The van der Waals surface area contributed by atoms with Gasteiger partial charge < -0.3 is 15.4 Å². The molecule has 8 nitrogen and oxygen atoms in total. The van der Waals surface area contributed by atoms with E-state index in [1.54, 1.807) is 24.3 Å². The van der Waals surface area contributed by atoms with Gasteiger partial charge >= 0.3 is 0 Å². The number of hydrogen-bond donors (Lipinski definition) is 2. The first-order chi connectivity index (χ1) is 15.6. The first kappa shape index (κ1) is 23.6. The highest BCUT2D eigenvalue weighted by atomic mass is 19.1. The van der Waals surface area contributed by atoms with Gasteiger partial charge in [0.2, 0.25) is 0 Å². The Labute approximate surface area is 187 Å². The van der Waals surface area contributed by atoms with Crippen LogP contribution in [0.4, 0.5) is 10.1 Å². The van der Waals surface area contributed by atoms with Crippen LogP contribution in [0.2, 0.25) is 0 Å². The molecule has 9 heteroatoms. The summed E-state index contributed by atoms with van der Waals surface area (Å²) in [5.74, 6) is 0.446. The van der Waals surface area contributed by atoms with Gasteiger partial charge in [-0.3, -0.25) is 15.0 Å². The minimum atomic E-state index is -0.411. The third-order valence-corrected chi connectivity index (χ3v) is 5.23. The number of nitrogens with one attached hydrogen (secondary N) is 2. The third kappa shape index (κ3) is 8.24. The van der Waals surface area contributed by atoms with Gasteiger partial charge in [-0.25, -0.2) is 9.38 Å². The van der Waals surface area contributed by atoms with Crippen LogP contribution in [0.1, 0.15) is 17.5 Å². The van der Waals surface area contributed by atoms with E-state index in [-0.39, 0.29) is 11.5 Å². The summed E-state index contributed by atoms with van der Waals surface area (Å²) >= 11 is 0. The molecule has 2 N–H and O–H groups in total. The van der Waals surface area contributed by atoms with Crippen molar-refractivity contribution in [2.24, 2.45) is 4.99 Å². The molecule has 32 heavy (non-hydrogen) atoms. The van der Waals surface area contributed by atoms with E-state index in [9.17, 15) is 14.5 Å². The zero-order chi connectivity index (χ0) is 22.6. The van der Waals surface area contributed by atoms with E-state index in [4.69, 9.17) is 4.74 Å². The Hall–Kier alpha value is -3.04. The quantitative estimate of drug-likeness (QED) is 0.193.